The first kappa shape index (κ1) is 26.1. The number of nitriles is 1. The average Bonchev–Trinajstić information content (AvgIpc) is 3.25. The van der Waals surface area contributed by atoms with Gasteiger partial charge in [0.2, 0.25) is 0 Å². The molecule has 34 heavy (non-hydrogen) atoms. The van der Waals surface area contributed by atoms with Crippen LogP contribution in [0.2, 0.25) is 0 Å². The summed E-state index contributed by atoms with van der Waals surface area (Å²) in [6.45, 7) is 2.55. The van der Waals surface area contributed by atoms with E-state index in [0.717, 1.165) is 37.2 Å². The molecule has 3 N–H and O–H groups in total. The number of aromatic nitrogens is 1. The van der Waals surface area contributed by atoms with Crippen molar-refractivity contribution < 1.29 is 4.74 Å². The molecule has 1 heterocycles. The Hall–Kier alpha value is -2.52. The van der Waals surface area contributed by atoms with Gasteiger partial charge in [0.1, 0.15) is 5.75 Å². The smallest absolute Gasteiger partial charge is 0.119 e. The van der Waals surface area contributed by atoms with E-state index in [2.05, 4.69) is 52.5 Å². The normalized spacial score (nSPS) is 15.0. The molecular formula is C28H37ClN4O. The van der Waals surface area contributed by atoms with E-state index in [1.54, 1.807) is 7.11 Å². The lowest BCUT2D eigenvalue weighted by Crippen LogP contribution is -2.21. The minimum Gasteiger partial charge on any atom is -0.497 e. The van der Waals surface area contributed by atoms with Crippen LogP contribution in [0.3, 0.4) is 0 Å². The number of nitrogens with zero attached hydrogens (tertiary/aromatic N) is 2. The lowest BCUT2D eigenvalue weighted by molar-refractivity contribution is 0.360. The Bertz CT molecular complexity index is 1100. The van der Waals surface area contributed by atoms with Gasteiger partial charge in [-0.05, 0) is 86.8 Å². The Morgan fingerprint density at radius 2 is 1.97 bits per heavy atom. The number of hydrogen-bond acceptors (Lipinski definition) is 4. The van der Waals surface area contributed by atoms with Crippen molar-refractivity contribution in [3.05, 3.63) is 65.4 Å². The van der Waals surface area contributed by atoms with Crippen molar-refractivity contribution >= 4 is 23.3 Å². The third-order valence-electron chi connectivity index (χ3n) is 7.00. The van der Waals surface area contributed by atoms with Crippen LogP contribution in [0.4, 0.5) is 0 Å². The van der Waals surface area contributed by atoms with E-state index in [1.807, 2.05) is 12.1 Å². The number of methoxy groups -OCH3 is 1. The van der Waals surface area contributed by atoms with Gasteiger partial charge in [-0.2, -0.15) is 5.26 Å². The minimum atomic E-state index is 0. The second-order valence-electron chi connectivity index (χ2n) is 9.14. The fourth-order valence-corrected chi connectivity index (χ4v) is 5.25. The van der Waals surface area contributed by atoms with Gasteiger partial charge in [0.25, 0.3) is 0 Å². The molecule has 0 aliphatic heterocycles. The molecular weight excluding hydrogens is 444 g/mol. The van der Waals surface area contributed by atoms with Crippen LogP contribution >= 0.6 is 12.4 Å². The molecule has 0 radical (unpaired) electrons. The van der Waals surface area contributed by atoms with Gasteiger partial charge < -0.3 is 20.4 Å². The molecule has 5 nitrogen and oxygen atoms in total. The molecule has 1 fully saturated rings. The summed E-state index contributed by atoms with van der Waals surface area (Å²) in [6.07, 6.45) is 10.7. The van der Waals surface area contributed by atoms with Crippen molar-refractivity contribution in [1.82, 2.24) is 9.88 Å². The number of ether oxygens (including phenoxy) is 1. The highest BCUT2D eigenvalue weighted by molar-refractivity contribution is 5.86. The van der Waals surface area contributed by atoms with Gasteiger partial charge in [-0.25, -0.2) is 0 Å². The van der Waals surface area contributed by atoms with Crippen LogP contribution in [0.1, 0.15) is 73.6 Å². The van der Waals surface area contributed by atoms with E-state index in [1.165, 1.54) is 54.1 Å². The molecule has 3 aromatic rings. The monoisotopic (exact) mass is 480 g/mol. The molecule has 0 bridgehead atoms. The molecule has 182 valence electrons. The standard InChI is InChI=1S/C28H36N4O.ClH/c1-33-24-10-5-7-22(18-24)25(13-16-31-15-6-14-29)27-20-32(23-8-3-2-4-9-23)28-12-11-21(19-30)17-26(27)28;/h5,7,10-12,17-18,20,23,25,31H,2-4,6,8-9,13-16,29H2,1H3;1H. The summed E-state index contributed by atoms with van der Waals surface area (Å²) in [7, 11) is 1.72. The Balaban J connectivity index is 0.00000324. The summed E-state index contributed by atoms with van der Waals surface area (Å²) in [5.74, 6) is 1.09. The lowest BCUT2D eigenvalue weighted by Gasteiger charge is -2.24. The summed E-state index contributed by atoms with van der Waals surface area (Å²) in [6, 6.07) is 17.5. The third-order valence-corrected chi connectivity index (χ3v) is 7.00. The van der Waals surface area contributed by atoms with Gasteiger partial charge in [0.05, 0.1) is 18.7 Å². The maximum atomic E-state index is 9.60. The van der Waals surface area contributed by atoms with Crippen LogP contribution in [0.5, 0.6) is 5.75 Å². The summed E-state index contributed by atoms with van der Waals surface area (Å²) in [5, 5.41) is 14.4. The van der Waals surface area contributed by atoms with E-state index in [9.17, 15) is 5.26 Å². The molecule has 4 rings (SSSR count). The van der Waals surface area contributed by atoms with Crippen molar-refractivity contribution in [3.8, 4) is 11.8 Å². The Morgan fingerprint density at radius 1 is 1.15 bits per heavy atom. The Morgan fingerprint density at radius 3 is 2.71 bits per heavy atom. The number of fused-ring (bicyclic) bond motifs is 1. The van der Waals surface area contributed by atoms with E-state index < -0.39 is 0 Å². The van der Waals surface area contributed by atoms with Gasteiger partial charge in [0, 0.05) is 29.1 Å². The number of rotatable bonds is 10. The van der Waals surface area contributed by atoms with Crippen LogP contribution < -0.4 is 15.8 Å². The summed E-state index contributed by atoms with van der Waals surface area (Å²) >= 11 is 0. The summed E-state index contributed by atoms with van der Waals surface area (Å²) < 4.78 is 8.05. The predicted octanol–water partition coefficient (Wildman–Crippen LogP) is 5.91. The Kier molecular flexibility index (Phi) is 9.83. The second kappa shape index (κ2) is 12.8. The summed E-state index contributed by atoms with van der Waals surface area (Å²) in [5.41, 5.74) is 10.2. The zero-order chi connectivity index (χ0) is 23.0. The zero-order valence-corrected chi connectivity index (χ0v) is 20.9. The number of benzene rings is 2. The first-order valence-electron chi connectivity index (χ1n) is 12.3. The molecule has 0 amide bonds. The van der Waals surface area contributed by atoms with Crippen LogP contribution in [0.25, 0.3) is 10.9 Å². The highest BCUT2D eigenvalue weighted by atomic mass is 35.5. The number of hydrogen-bond donors (Lipinski definition) is 2. The molecule has 1 unspecified atom stereocenters. The maximum Gasteiger partial charge on any atom is 0.119 e. The van der Waals surface area contributed by atoms with E-state index in [0.29, 0.717) is 12.6 Å². The van der Waals surface area contributed by atoms with Crippen LogP contribution in [0, 0.1) is 11.3 Å². The molecule has 6 heteroatoms. The van der Waals surface area contributed by atoms with Gasteiger partial charge in [-0.1, -0.05) is 31.4 Å². The van der Waals surface area contributed by atoms with Crippen molar-refractivity contribution in [3.63, 3.8) is 0 Å². The third kappa shape index (κ3) is 5.93. The van der Waals surface area contributed by atoms with E-state index in [4.69, 9.17) is 10.5 Å². The van der Waals surface area contributed by atoms with Crippen LogP contribution in [-0.2, 0) is 0 Å². The molecule has 1 aliphatic carbocycles. The number of nitrogens with two attached hydrogens (primary N) is 1. The zero-order valence-electron chi connectivity index (χ0n) is 20.1. The van der Waals surface area contributed by atoms with Crippen LogP contribution in [0.15, 0.2) is 48.7 Å². The predicted molar refractivity (Wildman–Crippen MR) is 142 cm³/mol. The highest BCUT2D eigenvalue weighted by Crippen LogP contribution is 2.39. The molecule has 1 aromatic heterocycles. The van der Waals surface area contributed by atoms with Crippen molar-refractivity contribution in [2.45, 2.75) is 56.9 Å². The van der Waals surface area contributed by atoms with E-state index in [-0.39, 0.29) is 18.3 Å². The van der Waals surface area contributed by atoms with Crippen LogP contribution in [-0.4, -0.2) is 31.3 Å². The lowest BCUT2D eigenvalue weighted by atomic mass is 9.88. The number of halogens is 1. The summed E-state index contributed by atoms with van der Waals surface area (Å²) in [4.78, 5) is 0. The molecule has 2 aromatic carbocycles. The van der Waals surface area contributed by atoms with Gasteiger partial charge >= 0.3 is 0 Å². The van der Waals surface area contributed by atoms with Crippen molar-refractivity contribution in [1.29, 1.82) is 5.26 Å². The fraction of sp³-hybridized carbons (Fsp3) is 0.464. The molecule has 1 aliphatic rings. The molecule has 0 saturated heterocycles. The first-order valence-corrected chi connectivity index (χ1v) is 12.3. The quantitative estimate of drug-likeness (QED) is 0.354. The molecule has 1 saturated carbocycles. The highest BCUT2D eigenvalue weighted by Gasteiger charge is 2.24. The average molecular weight is 481 g/mol. The van der Waals surface area contributed by atoms with Gasteiger partial charge in [-0.3, -0.25) is 0 Å². The SMILES string of the molecule is COc1cccc(C(CCNCCCN)c2cn(C3CCCCC3)c3ccc(C#N)cc23)c1.Cl. The maximum absolute atomic E-state index is 9.60. The van der Waals surface area contributed by atoms with Gasteiger partial charge in [0.15, 0.2) is 0 Å². The first-order chi connectivity index (χ1) is 16.2. The number of nitrogens with one attached hydrogen (secondary N) is 1. The topological polar surface area (TPSA) is 76.0 Å². The van der Waals surface area contributed by atoms with Crippen molar-refractivity contribution in [2.24, 2.45) is 5.73 Å². The molecule has 1 atom stereocenters. The fourth-order valence-electron chi connectivity index (χ4n) is 5.25. The van der Waals surface area contributed by atoms with Crippen molar-refractivity contribution in [2.75, 3.05) is 26.7 Å². The van der Waals surface area contributed by atoms with E-state index >= 15 is 0 Å². The minimum absolute atomic E-state index is 0. The second-order valence-corrected chi connectivity index (χ2v) is 9.14. The molecule has 0 spiro atoms. The Labute approximate surface area is 209 Å². The van der Waals surface area contributed by atoms with Gasteiger partial charge in [-0.15, -0.1) is 12.4 Å². The largest absolute Gasteiger partial charge is 0.497 e.